The van der Waals surface area contributed by atoms with Crippen LogP contribution in [0.3, 0.4) is 0 Å². The van der Waals surface area contributed by atoms with E-state index < -0.39 is 0 Å². The SMILES string of the molecule is C[C@@H]1C[NH+](CCCOc2ccccc2)C[C@H](C)O1. The van der Waals surface area contributed by atoms with E-state index in [0.717, 1.165) is 31.9 Å². The van der Waals surface area contributed by atoms with Crippen LogP contribution in [0.15, 0.2) is 30.3 Å². The minimum absolute atomic E-state index is 0.388. The van der Waals surface area contributed by atoms with Crippen molar-refractivity contribution in [3.63, 3.8) is 0 Å². The maximum atomic E-state index is 5.74. The highest BCUT2D eigenvalue weighted by atomic mass is 16.5. The summed E-state index contributed by atoms with van der Waals surface area (Å²) in [5.41, 5.74) is 0. The molecule has 0 aliphatic carbocycles. The summed E-state index contributed by atoms with van der Waals surface area (Å²) >= 11 is 0. The molecule has 1 aliphatic heterocycles. The second-order valence-electron chi connectivity index (χ2n) is 5.18. The predicted molar refractivity (Wildman–Crippen MR) is 72.1 cm³/mol. The summed E-state index contributed by atoms with van der Waals surface area (Å²) in [5.74, 6) is 0.969. The van der Waals surface area contributed by atoms with Crippen molar-refractivity contribution in [1.29, 1.82) is 0 Å². The van der Waals surface area contributed by atoms with Gasteiger partial charge in [0.15, 0.2) is 0 Å². The third-order valence-corrected chi connectivity index (χ3v) is 3.30. The lowest BCUT2D eigenvalue weighted by molar-refractivity contribution is -0.915. The van der Waals surface area contributed by atoms with Crippen LogP contribution in [0.5, 0.6) is 5.75 Å². The second-order valence-corrected chi connectivity index (χ2v) is 5.18. The van der Waals surface area contributed by atoms with Crippen LogP contribution < -0.4 is 9.64 Å². The van der Waals surface area contributed by atoms with Crippen LogP contribution in [0.2, 0.25) is 0 Å². The fraction of sp³-hybridized carbons (Fsp3) is 0.600. The highest BCUT2D eigenvalue weighted by Crippen LogP contribution is 2.08. The Kier molecular flexibility index (Phi) is 5.02. The Morgan fingerprint density at radius 3 is 2.50 bits per heavy atom. The van der Waals surface area contributed by atoms with Gasteiger partial charge in [-0.25, -0.2) is 0 Å². The van der Waals surface area contributed by atoms with Gasteiger partial charge in [-0.05, 0) is 26.0 Å². The molecule has 1 aromatic carbocycles. The molecule has 0 amide bonds. The van der Waals surface area contributed by atoms with Gasteiger partial charge in [-0.3, -0.25) is 0 Å². The van der Waals surface area contributed by atoms with Crippen LogP contribution in [0.1, 0.15) is 20.3 Å². The molecule has 0 aromatic heterocycles. The van der Waals surface area contributed by atoms with Gasteiger partial charge in [0, 0.05) is 6.42 Å². The van der Waals surface area contributed by atoms with Crippen LogP contribution >= 0.6 is 0 Å². The third-order valence-electron chi connectivity index (χ3n) is 3.30. The first-order valence-corrected chi connectivity index (χ1v) is 6.91. The summed E-state index contributed by atoms with van der Waals surface area (Å²) in [6, 6.07) is 10.0. The number of benzene rings is 1. The Morgan fingerprint density at radius 1 is 1.17 bits per heavy atom. The number of hydrogen-bond donors (Lipinski definition) is 1. The van der Waals surface area contributed by atoms with Gasteiger partial charge in [-0.2, -0.15) is 0 Å². The Bertz CT molecular complexity index is 332. The molecule has 1 N–H and O–H groups in total. The van der Waals surface area contributed by atoms with Crippen LogP contribution in [0.4, 0.5) is 0 Å². The van der Waals surface area contributed by atoms with E-state index in [0.29, 0.717) is 12.2 Å². The topological polar surface area (TPSA) is 22.9 Å². The van der Waals surface area contributed by atoms with Crippen LogP contribution in [0, 0.1) is 0 Å². The average molecular weight is 250 g/mol. The summed E-state index contributed by atoms with van der Waals surface area (Å²) in [7, 11) is 0. The molecule has 0 spiro atoms. The first-order valence-electron chi connectivity index (χ1n) is 6.91. The van der Waals surface area contributed by atoms with E-state index in [1.807, 2.05) is 30.3 Å². The van der Waals surface area contributed by atoms with Crippen molar-refractivity contribution < 1.29 is 14.4 Å². The number of morpholine rings is 1. The molecule has 3 atom stereocenters. The summed E-state index contributed by atoms with van der Waals surface area (Å²) in [6.07, 6.45) is 1.88. The second kappa shape index (κ2) is 6.76. The van der Waals surface area contributed by atoms with Gasteiger partial charge >= 0.3 is 0 Å². The van der Waals surface area contributed by atoms with Gasteiger partial charge in [0.2, 0.25) is 0 Å². The van der Waals surface area contributed by atoms with Crippen molar-refractivity contribution in [2.45, 2.75) is 32.5 Å². The zero-order valence-corrected chi connectivity index (χ0v) is 11.4. The molecule has 0 bridgehead atoms. The van der Waals surface area contributed by atoms with Crippen LogP contribution in [0.25, 0.3) is 0 Å². The van der Waals surface area contributed by atoms with E-state index in [4.69, 9.17) is 9.47 Å². The van der Waals surface area contributed by atoms with Crippen molar-refractivity contribution in [2.75, 3.05) is 26.2 Å². The fourth-order valence-corrected chi connectivity index (χ4v) is 2.62. The first-order chi connectivity index (χ1) is 8.74. The smallest absolute Gasteiger partial charge is 0.119 e. The average Bonchev–Trinajstić information content (AvgIpc) is 2.35. The Hall–Kier alpha value is -1.06. The molecule has 1 aromatic rings. The molecular weight excluding hydrogens is 226 g/mol. The largest absolute Gasteiger partial charge is 0.493 e. The van der Waals surface area contributed by atoms with E-state index in [1.165, 1.54) is 6.54 Å². The van der Waals surface area contributed by atoms with Crippen LogP contribution in [-0.4, -0.2) is 38.4 Å². The minimum Gasteiger partial charge on any atom is -0.493 e. The molecule has 100 valence electrons. The van der Waals surface area contributed by atoms with E-state index in [9.17, 15) is 0 Å². The molecule has 1 heterocycles. The van der Waals surface area contributed by atoms with E-state index in [-0.39, 0.29) is 0 Å². The molecular formula is C15H24NO2+. The Morgan fingerprint density at radius 2 is 1.83 bits per heavy atom. The third kappa shape index (κ3) is 4.31. The molecule has 0 saturated carbocycles. The summed E-state index contributed by atoms with van der Waals surface area (Å²) < 4.78 is 11.4. The number of nitrogens with one attached hydrogen (secondary N) is 1. The Labute approximate surface area is 110 Å². The van der Waals surface area contributed by atoms with E-state index in [1.54, 1.807) is 4.90 Å². The zero-order chi connectivity index (χ0) is 12.8. The standard InChI is InChI=1S/C15H23NO2/c1-13-11-16(12-14(2)18-13)9-6-10-17-15-7-4-3-5-8-15/h3-5,7-8,13-14H,6,9-12H2,1-2H3/p+1/t13-,14+. The summed E-state index contributed by atoms with van der Waals surface area (Å²) in [5, 5.41) is 0. The Balaban J connectivity index is 1.63. The van der Waals surface area contributed by atoms with Gasteiger partial charge in [-0.15, -0.1) is 0 Å². The predicted octanol–water partition coefficient (Wildman–Crippen LogP) is 1.15. The molecule has 1 saturated heterocycles. The zero-order valence-electron chi connectivity index (χ0n) is 11.4. The minimum atomic E-state index is 0.388. The lowest BCUT2D eigenvalue weighted by Gasteiger charge is -2.32. The van der Waals surface area contributed by atoms with Gasteiger partial charge in [0.25, 0.3) is 0 Å². The first kappa shape index (κ1) is 13.4. The van der Waals surface area contributed by atoms with E-state index in [2.05, 4.69) is 13.8 Å². The molecule has 1 unspecified atom stereocenters. The lowest BCUT2D eigenvalue weighted by Crippen LogP contribution is -3.15. The molecule has 3 heteroatoms. The lowest BCUT2D eigenvalue weighted by atomic mass is 10.2. The van der Waals surface area contributed by atoms with Gasteiger partial charge < -0.3 is 14.4 Å². The van der Waals surface area contributed by atoms with Crippen molar-refractivity contribution in [3.05, 3.63) is 30.3 Å². The van der Waals surface area contributed by atoms with Gasteiger partial charge in [-0.1, -0.05) is 18.2 Å². The molecule has 1 aliphatic rings. The van der Waals surface area contributed by atoms with Crippen molar-refractivity contribution in [1.82, 2.24) is 0 Å². The van der Waals surface area contributed by atoms with Crippen molar-refractivity contribution in [3.8, 4) is 5.75 Å². The van der Waals surface area contributed by atoms with E-state index >= 15 is 0 Å². The fourth-order valence-electron chi connectivity index (χ4n) is 2.62. The molecule has 18 heavy (non-hydrogen) atoms. The normalized spacial score (nSPS) is 28.0. The van der Waals surface area contributed by atoms with Crippen molar-refractivity contribution >= 4 is 0 Å². The number of para-hydroxylation sites is 1. The van der Waals surface area contributed by atoms with Gasteiger partial charge in [0.1, 0.15) is 31.0 Å². The number of hydrogen-bond acceptors (Lipinski definition) is 2. The monoisotopic (exact) mass is 250 g/mol. The molecule has 1 fully saturated rings. The maximum Gasteiger partial charge on any atom is 0.119 e. The summed E-state index contributed by atoms with van der Waals surface area (Å²) in [4.78, 5) is 1.64. The molecule has 3 nitrogen and oxygen atoms in total. The number of ether oxygens (including phenoxy) is 2. The molecule has 2 rings (SSSR count). The summed E-state index contributed by atoms with van der Waals surface area (Å²) in [6.45, 7) is 8.54. The van der Waals surface area contributed by atoms with Crippen molar-refractivity contribution in [2.24, 2.45) is 0 Å². The highest BCUT2D eigenvalue weighted by molar-refractivity contribution is 5.20. The van der Waals surface area contributed by atoms with Gasteiger partial charge in [0.05, 0.1) is 13.2 Å². The quantitative estimate of drug-likeness (QED) is 0.792. The molecule has 0 radical (unpaired) electrons. The number of quaternary nitrogens is 1. The maximum absolute atomic E-state index is 5.74. The van der Waals surface area contributed by atoms with Crippen LogP contribution in [-0.2, 0) is 4.74 Å². The number of rotatable bonds is 5. The highest BCUT2D eigenvalue weighted by Gasteiger charge is 2.24.